The van der Waals surface area contributed by atoms with Gasteiger partial charge in [0, 0.05) is 5.69 Å². The number of benzene rings is 3. The van der Waals surface area contributed by atoms with Gasteiger partial charge in [-0.1, -0.05) is 29.3 Å². The molecule has 7 nitrogen and oxygen atoms in total. The molecule has 1 aliphatic rings. The number of halogens is 1. The number of sulfonamides is 1. The molecule has 36 heavy (non-hydrogen) atoms. The second-order valence-electron chi connectivity index (χ2n) is 8.74. The van der Waals surface area contributed by atoms with Gasteiger partial charge in [-0.2, -0.15) is 0 Å². The zero-order valence-electron chi connectivity index (χ0n) is 20.2. The molecular formula is C27H29ClN2O5S. The van der Waals surface area contributed by atoms with E-state index in [0.717, 1.165) is 28.5 Å². The molecule has 1 N–H and O–H groups in total. The van der Waals surface area contributed by atoms with Gasteiger partial charge in [0.1, 0.15) is 18.0 Å². The van der Waals surface area contributed by atoms with E-state index < -0.39 is 22.5 Å². The number of hydrogen-bond acceptors (Lipinski definition) is 5. The van der Waals surface area contributed by atoms with Crippen LogP contribution in [-0.4, -0.2) is 34.1 Å². The van der Waals surface area contributed by atoms with Crippen LogP contribution in [0.2, 0.25) is 5.02 Å². The number of rotatable bonds is 9. The Morgan fingerprint density at radius 1 is 1.03 bits per heavy atom. The molecule has 1 aliphatic carbocycles. The topological polar surface area (TPSA) is 84.9 Å². The van der Waals surface area contributed by atoms with Crippen LogP contribution in [0.4, 0.5) is 11.4 Å². The Labute approximate surface area is 217 Å². The molecule has 0 atom stereocenters. The molecule has 1 saturated carbocycles. The molecule has 4 rings (SSSR count). The van der Waals surface area contributed by atoms with Crippen molar-refractivity contribution < 1.29 is 22.7 Å². The lowest BCUT2D eigenvalue weighted by Gasteiger charge is -2.24. The average Bonchev–Trinajstić information content (AvgIpc) is 3.37. The number of anilines is 2. The SMILES string of the molecule is COc1ccc(N(CC(=O)Nc2ccc(OC3CCCC3)cc2)S(=O)(=O)c2ccc(C)cc2)cc1Cl. The van der Waals surface area contributed by atoms with E-state index in [9.17, 15) is 13.2 Å². The van der Waals surface area contributed by atoms with Gasteiger partial charge in [-0.05, 0) is 87.2 Å². The van der Waals surface area contributed by atoms with Gasteiger partial charge in [0.05, 0.1) is 28.8 Å². The van der Waals surface area contributed by atoms with Gasteiger partial charge in [0.2, 0.25) is 5.91 Å². The van der Waals surface area contributed by atoms with Crippen molar-refractivity contribution in [1.82, 2.24) is 0 Å². The van der Waals surface area contributed by atoms with Crippen molar-refractivity contribution in [2.75, 3.05) is 23.3 Å². The third-order valence-corrected chi connectivity index (χ3v) is 8.15. The van der Waals surface area contributed by atoms with E-state index in [4.69, 9.17) is 21.1 Å². The average molecular weight is 529 g/mol. The summed E-state index contributed by atoms with van der Waals surface area (Å²) in [5.41, 5.74) is 1.71. The third kappa shape index (κ3) is 6.12. The molecule has 3 aromatic carbocycles. The first-order valence-corrected chi connectivity index (χ1v) is 13.6. The van der Waals surface area contributed by atoms with E-state index >= 15 is 0 Å². The number of nitrogens with zero attached hydrogens (tertiary/aromatic N) is 1. The van der Waals surface area contributed by atoms with Gasteiger partial charge in [-0.25, -0.2) is 8.42 Å². The van der Waals surface area contributed by atoms with Gasteiger partial charge in [-0.15, -0.1) is 0 Å². The van der Waals surface area contributed by atoms with E-state index in [1.165, 1.54) is 38.2 Å². The van der Waals surface area contributed by atoms with Crippen molar-refractivity contribution in [1.29, 1.82) is 0 Å². The summed E-state index contributed by atoms with van der Waals surface area (Å²) in [6.07, 6.45) is 4.71. The fraction of sp³-hybridized carbons (Fsp3) is 0.296. The van der Waals surface area contributed by atoms with Gasteiger partial charge in [0.25, 0.3) is 10.0 Å². The first-order chi connectivity index (χ1) is 17.3. The zero-order valence-corrected chi connectivity index (χ0v) is 21.8. The summed E-state index contributed by atoms with van der Waals surface area (Å²) in [4.78, 5) is 13.1. The number of hydrogen-bond donors (Lipinski definition) is 1. The number of methoxy groups -OCH3 is 1. The molecule has 0 bridgehead atoms. The summed E-state index contributed by atoms with van der Waals surface area (Å²) >= 11 is 6.27. The monoisotopic (exact) mass is 528 g/mol. The van der Waals surface area contributed by atoms with Crippen molar-refractivity contribution in [3.63, 3.8) is 0 Å². The van der Waals surface area contributed by atoms with E-state index in [2.05, 4.69) is 5.32 Å². The lowest BCUT2D eigenvalue weighted by atomic mass is 10.2. The molecule has 3 aromatic rings. The molecule has 1 fully saturated rings. The number of carbonyl (C=O) groups is 1. The first-order valence-electron chi connectivity index (χ1n) is 11.8. The van der Waals surface area contributed by atoms with Gasteiger partial charge < -0.3 is 14.8 Å². The molecule has 0 spiro atoms. The predicted molar refractivity (Wildman–Crippen MR) is 142 cm³/mol. The smallest absolute Gasteiger partial charge is 0.264 e. The van der Waals surface area contributed by atoms with E-state index in [1.54, 1.807) is 48.5 Å². The quantitative estimate of drug-likeness (QED) is 0.378. The third-order valence-electron chi connectivity index (χ3n) is 6.06. The van der Waals surface area contributed by atoms with Gasteiger partial charge >= 0.3 is 0 Å². The minimum atomic E-state index is -4.06. The minimum Gasteiger partial charge on any atom is -0.495 e. The number of aryl methyl sites for hydroxylation is 1. The summed E-state index contributed by atoms with van der Waals surface area (Å²) in [6.45, 7) is 1.42. The highest BCUT2D eigenvalue weighted by molar-refractivity contribution is 7.92. The maximum Gasteiger partial charge on any atom is 0.264 e. The van der Waals surface area contributed by atoms with Crippen molar-refractivity contribution >= 4 is 38.9 Å². The number of nitrogens with one attached hydrogen (secondary N) is 1. The summed E-state index contributed by atoms with van der Waals surface area (Å²) in [5, 5.41) is 3.01. The van der Waals surface area contributed by atoms with Crippen molar-refractivity contribution in [2.24, 2.45) is 0 Å². The molecule has 0 saturated heterocycles. The van der Waals surface area contributed by atoms with Crippen molar-refractivity contribution in [2.45, 2.75) is 43.6 Å². The Hall–Kier alpha value is -3.23. The molecule has 0 radical (unpaired) electrons. The van der Waals surface area contributed by atoms with Crippen LogP contribution in [0.1, 0.15) is 31.2 Å². The molecule has 0 heterocycles. The van der Waals surface area contributed by atoms with E-state index in [0.29, 0.717) is 11.4 Å². The standard InChI is InChI=1S/C27H29ClN2O5S/c1-19-7-14-24(15-8-19)36(32,33)30(21-11-16-26(34-2)25(28)17-21)18-27(31)29-20-9-12-23(13-10-20)35-22-5-3-4-6-22/h7-17,22H,3-6,18H2,1-2H3,(H,29,31). The summed E-state index contributed by atoms with van der Waals surface area (Å²) < 4.78 is 39.3. The lowest BCUT2D eigenvalue weighted by Crippen LogP contribution is -2.38. The zero-order chi connectivity index (χ0) is 25.7. The normalized spacial score (nSPS) is 13.9. The Balaban J connectivity index is 1.55. The van der Waals surface area contributed by atoms with Crippen LogP contribution in [0.5, 0.6) is 11.5 Å². The van der Waals surface area contributed by atoms with Crippen LogP contribution in [0.15, 0.2) is 71.6 Å². The van der Waals surface area contributed by atoms with Crippen LogP contribution in [-0.2, 0) is 14.8 Å². The second kappa shape index (κ2) is 11.2. The Morgan fingerprint density at radius 2 is 1.69 bits per heavy atom. The molecule has 0 unspecified atom stereocenters. The molecule has 0 aromatic heterocycles. The fourth-order valence-electron chi connectivity index (χ4n) is 4.11. The number of carbonyl (C=O) groups excluding carboxylic acids is 1. The van der Waals surface area contributed by atoms with Crippen LogP contribution >= 0.6 is 11.6 Å². The van der Waals surface area contributed by atoms with Gasteiger partial charge in [-0.3, -0.25) is 9.10 Å². The summed E-state index contributed by atoms with van der Waals surface area (Å²) in [6, 6.07) is 18.1. The highest BCUT2D eigenvalue weighted by Crippen LogP contribution is 2.32. The van der Waals surface area contributed by atoms with Crippen LogP contribution in [0, 0.1) is 6.92 Å². The van der Waals surface area contributed by atoms with Gasteiger partial charge in [0.15, 0.2) is 0 Å². The highest BCUT2D eigenvalue weighted by Gasteiger charge is 2.28. The first kappa shape index (κ1) is 25.9. The highest BCUT2D eigenvalue weighted by atomic mass is 35.5. The van der Waals surface area contributed by atoms with Crippen molar-refractivity contribution in [3.8, 4) is 11.5 Å². The van der Waals surface area contributed by atoms with Crippen LogP contribution < -0.4 is 19.1 Å². The summed E-state index contributed by atoms with van der Waals surface area (Å²) in [5.74, 6) is 0.649. The Kier molecular flexibility index (Phi) is 8.06. The maximum atomic E-state index is 13.6. The maximum absolute atomic E-state index is 13.6. The predicted octanol–water partition coefficient (Wildman–Crippen LogP) is 5.81. The fourth-order valence-corrected chi connectivity index (χ4v) is 5.77. The lowest BCUT2D eigenvalue weighted by molar-refractivity contribution is -0.114. The number of amides is 1. The number of ether oxygens (including phenoxy) is 2. The van der Waals surface area contributed by atoms with Crippen LogP contribution in [0.25, 0.3) is 0 Å². The molecular weight excluding hydrogens is 500 g/mol. The molecule has 1 amide bonds. The molecule has 9 heteroatoms. The van der Waals surface area contributed by atoms with Crippen LogP contribution in [0.3, 0.4) is 0 Å². The Bertz CT molecular complexity index is 1300. The second-order valence-corrected chi connectivity index (χ2v) is 11.0. The summed E-state index contributed by atoms with van der Waals surface area (Å²) in [7, 11) is -2.59. The largest absolute Gasteiger partial charge is 0.495 e. The Morgan fingerprint density at radius 3 is 2.31 bits per heavy atom. The van der Waals surface area contributed by atoms with E-state index in [-0.39, 0.29) is 21.7 Å². The molecule has 0 aliphatic heterocycles. The van der Waals surface area contributed by atoms with Crippen molar-refractivity contribution in [3.05, 3.63) is 77.3 Å². The minimum absolute atomic E-state index is 0.0706. The molecule has 190 valence electrons. The van der Waals surface area contributed by atoms with E-state index in [1.807, 2.05) is 6.92 Å².